The van der Waals surface area contributed by atoms with E-state index in [1.165, 1.54) is 0 Å². The minimum Gasteiger partial charge on any atom is -0.481 e. The van der Waals surface area contributed by atoms with Crippen molar-refractivity contribution in [3.63, 3.8) is 0 Å². The van der Waals surface area contributed by atoms with Gasteiger partial charge in [0.05, 0.1) is 25.3 Å². The molecule has 0 aliphatic carbocycles. The number of hydrogen-bond acceptors (Lipinski definition) is 3. The fraction of sp³-hybridized carbons (Fsp3) is 0.286. The molecule has 0 saturated carbocycles. The topological polar surface area (TPSA) is 64.4 Å². The lowest BCUT2D eigenvalue weighted by molar-refractivity contribution is -0.138. The summed E-state index contributed by atoms with van der Waals surface area (Å²) in [4.78, 5) is 10.4. The van der Waals surface area contributed by atoms with Gasteiger partial charge in [-0.2, -0.15) is 5.10 Å². The summed E-state index contributed by atoms with van der Waals surface area (Å²) in [5, 5.41) is 13.5. The predicted octanol–water partition coefficient (Wildman–Crippen LogP) is 2.73. The number of carboxylic acid groups (broad SMARTS) is 1. The van der Waals surface area contributed by atoms with Crippen LogP contribution in [0, 0.1) is 0 Å². The summed E-state index contributed by atoms with van der Waals surface area (Å²) in [5.41, 5.74) is 2.48. The number of rotatable bonds is 6. The molecule has 0 spiro atoms. The zero-order valence-corrected chi connectivity index (χ0v) is 11.8. The molecule has 0 fully saturated rings. The van der Waals surface area contributed by atoms with Gasteiger partial charge in [0.2, 0.25) is 0 Å². The quantitative estimate of drug-likeness (QED) is 0.832. The van der Waals surface area contributed by atoms with Gasteiger partial charge in [-0.3, -0.25) is 9.48 Å². The van der Waals surface area contributed by atoms with E-state index in [0.29, 0.717) is 5.15 Å². The van der Waals surface area contributed by atoms with Crippen molar-refractivity contribution < 1.29 is 14.6 Å². The number of benzene rings is 1. The van der Waals surface area contributed by atoms with Gasteiger partial charge in [-0.05, 0) is 0 Å². The first-order chi connectivity index (χ1) is 9.59. The number of aromatic nitrogens is 2. The number of carbonyl (C=O) groups is 1. The first kappa shape index (κ1) is 14.6. The number of aliphatic carboxylic acids is 1. The average Bonchev–Trinajstić information content (AvgIpc) is 2.72. The van der Waals surface area contributed by atoms with Gasteiger partial charge in [0.1, 0.15) is 5.15 Å². The number of halogens is 1. The first-order valence-corrected chi connectivity index (χ1v) is 6.53. The Bertz CT molecular complexity index is 596. The molecule has 0 amide bonds. The Hall–Kier alpha value is -1.85. The van der Waals surface area contributed by atoms with E-state index >= 15 is 0 Å². The van der Waals surface area contributed by atoms with Gasteiger partial charge in [-0.1, -0.05) is 41.9 Å². The molecule has 5 nitrogen and oxygen atoms in total. The molecule has 0 aliphatic rings. The van der Waals surface area contributed by atoms with Crippen molar-refractivity contribution in [2.75, 3.05) is 6.61 Å². The van der Waals surface area contributed by atoms with Crippen molar-refractivity contribution in [3.05, 3.63) is 41.0 Å². The molecule has 2 aromatic rings. The summed E-state index contributed by atoms with van der Waals surface area (Å²) in [5.74, 6) is -0.884. The largest absolute Gasteiger partial charge is 0.481 e. The lowest BCUT2D eigenvalue weighted by Crippen LogP contribution is -2.03. The van der Waals surface area contributed by atoms with Gasteiger partial charge < -0.3 is 9.84 Å². The van der Waals surface area contributed by atoms with Crippen molar-refractivity contribution in [2.45, 2.75) is 13.0 Å². The second-order valence-corrected chi connectivity index (χ2v) is 4.66. The summed E-state index contributed by atoms with van der Waals surface area (Å²) < 4.78 is 6.95. The van der Waals surface area contributed by atoms with E-state index in [1.807, 2.05) is 30.3 Å². The highest BCUT2D eigenvalue weighted by Crippen LogP contribution is 2.28. The maximum atomic E-state index is 10.4. The van der Waals surface area contributed by atoms with E-state index < -0.39 is 5.97 Å². The zero-order chi connectivity index (χ0) is 14.5. The SMILES string of the molecule is Cn1nc(-c2ccccc2)c(COCCC(=O)O)c1Cl. The summed E-state index contributed by atoms with van der Waals surface area (Å²) >= 11 is 6.21. The molecule has 0 bridgehead atoms. The van der Waals surface area contributed by atoms with Crippen molar-refractivity contribution in [1.82, 2.24) is 9.78 Å². The molecule has 20 heavy (non-hydrogen) atoms. The molecule has 106 valence electrons. The van der Waals surface area contributed by atoms with Gasteiger partial charge in [0.15, 0.2) is 0 Å². The van der Waals surface area contributed by atoms with E-state index in [1.54, 1.807) is 11.7 Å². The number of hydrogen-bond donors (Lipinski definition) is 1. The highest BCUT2D eigenvalue weighted by atomic mass is 35.5. The second kappa shape index (κ2) is 6.54. The molecule has 1 N–H and O–H groups in total. The third-order valence-electron chi connectivity index (χ3n) is 2.82. The number of carboxylic acids is 1. The van der Waals surface area contributed by atoms with E-state index in [0.717, 1.165) is 16.8 Å². The normalized spacial score (nSPS) is 10.7. The molecule has 0 saturated heterocycles. The second-order valence-electron chi connectivity index (χ2n) is 4.30. The highest BCUT2D eigenvalue weighted by Gasteiger charge is 2.16. The van der Waals surface area contributed by atoms with Crippen LogP contribution in [0.3, 0.4) is 0 Å². The monoisotopic (exact) mass is 294 g/mol. The molecule has 1 heterocycles. The maximum absolute atomic E-state index is 10.4. The molecule has 1 aromatic heterocycles. The van der Waals surface area contributed by atoms with Crippen LogP contribution in [0.1, 0.15) is 12.0 Å². The molecule has 0 radical (unpaired) electrons. The van der Waals surface area contributed by atoms with Crippen LogP contribution in [-0.2, 0) is 23.2 Å². The van der Waals surface area contributed by atoms with Crippen LogP contribution in [0.25, 0.3) is 11.3 Å². The summed E-state index contributed by atoms with van der Waals surface area (Å²) in [7, 11) is 1.76. The molecule has 1 aromatic carbocycles. The number of nitrogens with zero attached hydrogens (tertiary/aromatic N) is 2. The smallest absolute Gasteiger partial charge is 0.305 e. The van der Waals surface area contributed by atoms with Gasteiger partial charge in [-0.25, -0.2) is 0 Å². The average molecular weight is 295 g/mol. The van der Waals surface area contributed by atoms with Gasteiger partial charge in [-0.15, -0.1) is 0 Å². The molecular formula is C14H15ClN2O3. The Morgan fingerprint density at radius 1 is 1.40 bits per heavy atom. The van der Waals surface area contributed by atoms with Gasteiger partial charge >= 0.3 is 5.97 Å². The lowest BCUT2D eigenvalue weighted by Gasteiger charge is -2.04. The third kappa shape index (κ3) is 3.37. The van der Waals surface area contributed by atoms with Crippen LogP contribution in [0.15, 0.2) is 30.3 Å². The predicted molar refractivity (Wildman–Crippen MR) is 75.6 cm³/mol. The van der Waals surface area contributed by atoms with E-state index in [4.69, 9.17) is 21.4 Å². The van der Waals surface area contributed by atoms with Crippen molar-refractivity contribution >= 4 is 17.6 Å². The number of aryl methyl sites for hydroxylation is 1. The Morgan fingerprint density at radius 3 is 2.75 bits per heavy atom. The summed E-state index contributed by atoms with van der Waals surface area (Å²) in [6.07, 6.45) is -0.0292. The Balaban J connectivity index is 2.17. The number of ether oxygens (including phenoxy) is 1. The first-order valence-electron chi connectivity index (χ1n) is 6.16. The molecule has 0 unspecified atom stereocenters. The van der Waals surface area contributed by atoms with Crippen LogP contribution in [0.2, 0.25) is 5.15 Å². The molecular weight excluding hydrogens is 280 g/mol. The Morgan fingerprint density at radius 2 is 2.10 bits per heavy atom. The van der Waals surface area contributed by atoms with Crippen LogP contribution in [0.4, 0.5) is 0 Å². The van der Waals surface area contributed by atoms with Crippen LogP contribution >= 0.6 is 11.6 Å². The zero-order valence-electron chi connectivity index (χ0n) is 11.0. The summed E-state index contributed by atoms with van der Waals surface area (Å²) in [6, 6.07) is 9.66. The van der Waals surface area contributed by atoms with E-state index in [-0.39, 0.29) is 19.6 Å². The third-order valence-corrected chi connectivity index (χ3v) is 3.30. The maximum Gasteiger partial charge on any atom is 0.305 e. The van der Waals surface area contributed by atoms with Crippen LogP contribution in [0.5, 0.6) is 0 Å². The molecule has 0 atom stereocenters. The Labute approximate surface area is 121 Å². The van der Waals surface area contributed by atoms with Gasteiger partial charge in [0.25, 0.3) is 0 Å². The van der Waals surface area contributed by atoms with E-state index in [2.05, 4.69) is 5.10 Å². The fourth-order valence-electron chi connectivity index (χ4n) is 1.84. The minimum atomic E-state index is -0.884. The Kier molecular flexibility index (Phi) is 4.76. The highest BCUT2D eigenvalue weighted by molar-refractivity contribution is 6.30. The van der Waals surface area contributed by atoms with Crippen molar-refractivity contribution in [1.29, 1.82) is 0 Å². The molecule has 2 rings (SSSR count). The van der Waals surface area contributed by atoms with Crippen LogP contribution in [-0.4, -0.2) is 27.5 Å². The van der Waals surface area contributed by atoms with Crippen LogP contribution < -0.4 is 0 Å². The van der Waals surface area contributed by atoms with Gasteiger partial charge in [0, 0.05) is 18.2 Å². The minimum absolute atomic E-state index is 0.0292. The molecule has 6 heteroatoms. The molecule has 0 aliphatic heterocycles. The lowest BCUT2D eigenvalue weighted by atomic mass is 10.1. The standard InChI is InChI=1S/C14H15ClN2O3/c1-17-14(15)11(9-20-8-7-12(18)19)13(16-17)10-5-3-2-4-6-10/h2-6H,7-9H2,1H3,(H,18,19). The van der Waals surface area contributed by atoms with Crippen molar-refractivity contribution in [2.24, 2.45) is 7.05 Å². The van der Waals surface area contributed by atoms with E-state index in [9.17, 15) is 4.79 Å². The fourth-order valence-corrected chi connectivity index (χ4v) is 2.02. The van der Waals surface area contributed by atoms with Crippen molar-refractivity contribution in [3.8, 4) is 11.3 Å². The summed E-state index contributed by atoms with van der Waals surface area (Å²) in [6.45, 7) is 0.388.